The van der Waals surface area contributed by atoms with Crippen LogP contribution >= 0.6 is 0 Å². The van der Waals surface area contributed by atoms with E-state index in [2.05, 4.69) is 5.16 Å². The van der Waals surface area contributed by atoms with Crippen LogP contribution in [0.15, 0.2) is 10.6 Å². The van der Waals surface area contributed by atoms with Crippen LogP contribution in [0, 0.1) is 5.92 Å². The maximum absolute atomic E-state index is 12.5. The van der Waals surface area contributed by atoms with E-state index >= 15 is 0 Å². The van der Waals surface area contributed by atoms with E-state index in [0.29, 0.717) is 57.3 Å². The van der Waals surface area contributed by atoms with Crippen LogP contribution in [-0.2, 0) is 14.3 Å². The van der Waals surface area contributed by atoms with Gasteiger partial charge >= 0.3 is 5.97 Å². The summed E-state index contributed by atoms with van der Waals surface area (Å²) in [6.07, 6.45) is 1.25. The highest BCUT2D eigenvalue weighted by molar-refractivity contribution is 5.93. The quantitative estimate of drug-likeness (QED) is 0.755. The molecular formula is C16H23N3O5. The number of aromatic nitrogens is 1. The number of anilines is 1. The van der Waals surface area contributed by atoms with Gasteiger partial charge in [-0.3, -0.25) is 9.59 Å². The molecule has 0 aromatic carbocycles. The normalized spacial score (nSPS) is 19.4. The molecule has 2 saturated heterocycles. The molecule has 3 heterocycles. The molecule has 8 nitrogen and oxygen atoms in total. The number of amides is 1. The second kappa shape index (κ2) is 7.65. The SMILES string of the molecule is CCOC(=O)C1CCN(C(=O)c2cc(N3CCOCC3)on2)CC1. The van der Waals surface area contributed by atoms with Crippen molar-refractivity contribution in [3.63, 3.8) is 0 Å². The number of morpholine rings is 1. The number of rotatable bonds is 4. The Hall–Kier alpha value is -2.09. The minimum Gasteiger partial charge on any atom is -0.466 e. The lowest BCUT2D eigenvalue weighted by Gasteiger charge is -2.30. The Bertz CT molecular complexity index is 574. The molecule has 1 aromatic heterocycles. The number of piperidine rings is 1. The van der Waals surface area contributed by atoms with E-state index in [1.807, 2.05) is 4.90 Å². The molecule has 0 aliphatic carbocycles. The molecule has 8 heteroatoms. The van der Waals surface area contributed by atoms with E-state index in [4.69, 9.17) is 14.0 Å². The number of likely N-dealkylation sites (tertiary alicyclic amines) is 1. The number of carbonyl (C=O) groups excluding carboxylic acids is 2. The van der Waals surface area contributed by atoms with Crippen molar-refractivity contribution in [3.8, 4) is 0 Å². The van der Waals surface area contributed by atoms with Crippen molar-refractivity contribution in [1.82, 2.24) is 10.1 Å². The number of nitrogens with zero attached hydrogens (tertiary/aromatic N) is 3. The fraction of sp³-hybridized carbons (Fsp3) is 0.688. The van der Waals surface area contributed by atoms with Crippen molar-refractivity contribution in [2.45, 2.75) is 19.8 Å². The van der Waals surface area contributed by atoms with Crippen LogP contribution in [-0.4, -0.2) is 67.9 Å². The molecule has 0 atom stereocenters. The van der Waals surface area contributed by atoms with Crippen LogP contribution in [0.3, 0.4) is 0 Å². The van der Waals surface area contributed by atoms with Gasteiger partial charge in [0, 0.05) is 32.2 Å². The molecule has 0 saturated carbocycles. The average Bonchev–Trinajstić information content (AvgIpc) is 3.12. The predicted octanol–water partition coefficient (Wildman–Crippen LogP) is 0.926. The molecule has 0 unspecified atom stereocenters. The molecule has 1 aromatic rings. The third-order valence-corrected chi connectivity index (χ3v) is 4.44. The highest BCUT2D eigenvalue weighted by Crippen LogP contribution is 2.22. The summed E-state index contributed by atoms with van der Waals surface area (Å²) in [5.41, 5.74) is 0.311. The van der Waals surface area contributed by atoms with E-state index in [0.717, 1.165) is 13.1 Å². The highest BCUT2D eigenvalue weighted by atomic mass is 16.5. The molecule has 0 radical (unpaired) electrons. The minimum absolute atomic E-state index is 0.116. The van der Waals surface area contributed by atoms with Gasteiger partial charge in [0.15, 0.2) is 5.69 Å². The fourth-order valence-electron chi connectivity index (χ4n) is 3.04. The van der Waals surface area contributed by atoms with Gasteiger partial charge in [0.2, 0.25) is 5.88 Å². The Balaban J connectivity index is 1.55. The summed E-state index contributed by atoms with van der Waals surface area (Å²) in [6.45, 7) is 6.00. The largest absolute Gasteiger partial charge is 0.466 e. The summed E-state index contributed by atoms with van der Waals surface area (Å²) in [6, 6.07) is 1.69. The third kappa shape index (κ3) is 3.69. The topological polar surface area (TPSA) is 85.1 Å². The number of esters is 1. The fourth-order valence-corrected chi connectivity index (χ4v) is 3.04. The molecule has 24 heavy (non-hydrogen) atoms. The first kappa shape index (κ1) is 16.8. The zero-order valence-corrected chi connectivity index (χ0v) is 13.9. The Morgan fingerprint density at radius 3 is 2.62 bits per heavy atom. The molecule has 132 valence electrons. The van der Waals surface area contributed by atoms with Crippen LogP contribution < -0.4 is 4.90 Å². The molecule has 2 aliphatic heterocycles. The Labute approximate surface area is 140 Å². The average molecular weight is 337 g/mol. The van der Waals surface area contributed by atoms with Crippen LogP contribution in [0.5, 0.6) is 0 Å². The first-order chi connectivity index (χ1) is 11.7. The standard InChI is InChI=1S/C16H23N3O5/c1-2-23-16(21)12-3-5-19(6-4-12)15(20)13-11-14(24-17-13)18-7-9-22-10-8-18/h11-12H,2-10H2,1H3. The van der Waals surface area contributed by atoms with Crippen molar-refractivity contribution in [2.75, 3.05) is 50.9 Å². The van der Waals surface area contributed by atoms with Crippen LogP contribution in [0.2, 0.25) is 0 Å². The predicted molar refractivity (Wildman–Crippen MR) is 84.8 cm³/mol. The summed E-state index contributed by atoms with van der Waals surface area (Å²) in [5, 5.41) is 3.91. The molecule has 0 bridgehead atoms. The molecule has 3 rings (SSSR count). The van der Waals surface area contributed by atoms with Crippen molar-refractivity contribution in [1.29, 1.82) is 0 Å². The molecular weight excluding hydrogens is 314 g/mol. The van der Waals surface area contributed by atoms with Crippen molar-refractivity contribution >= 4 is 17.8 Å². The van der Waals surface area contributed by atoms with E-state index in [-0.39, 0.29) is 17.8 Å². The maximum atomic E-state index is 12.5. The van der Waals surface area contributed by atoms with Gasteiger partial charge < -0.3 is 23.8 Å². The van der Waals surface area contributed by atoms with Gasteiger partial charge in [0.05, 0.1) is 25.7 Å². The van der Waals surface area contributed by atoms with Gasteiger partial charge in [-0.15, -0.1) is 0 Å². The molecule has 1 amide bonds. The smallest absolute Gasteiger partial charge is 0.309 e. The molecule has 2 fully saturated rings. The summed E-state index contributed by atoms with van der Waals surface area (Å²) < 4.78 is 15.7. The third-order valence-electron chi connectivity index (χ3n) is 4.44. The van der Waals surface area contributed by atoms with Crippen LogP contribution in [0.4, 0.5) is 5.88 Å². The number of carbonyl (C=O) groups is 2. The number of hydrogen-bond acceptors (Lipinski definition) is 7. The van der Waals surface area contributed by atoms with Gasteiger partial charge in [-0.2, -0.15) is 0 Å². The van der Waals surface area contributed by atoms with E-state index in [9.17, 15) is 9.59 Å². The Morgan fingerprint density at radius 1 is 1.25 bits per heavy atom. The minimum atomic E-state index is -0.166. The van der Waals surface area contributed by atoms with Crippen molar-refractivity contribution in [2.24, 2.45) is 5.92 Å². The Morgan fingerprint density at radius 2 is 1.96 bits per heavy atom. The zero-order valence-electron chi connectivity index (χ0n) is 13.9. The summed E-state index contributed by atoms with van der Waals surface area (Å²) >= 11 is 0. The van der Waals surface area contributed by atoms with Gasteiger partial charge in [-0.05, 0) is 19.8 Å². The van der Waals surface area contributed by atoms with Gasteiger partial charge in [-0.1, -0.05) is 5.16 Å². The summed E-state index contributed by atoms with van der Waals surface area (Å²) in [4.78, 5) is 28.0. The summed E-state index contributed by atoms with van der Waals surface area (Å²) in [5.74, 6) is 0.166. The first-order valence-electron chi connectivity index (χ1n) is 8.44. The van der Waals surface area contributed by atoms with Crippen molar-refractivity contribution < 1.29 is 23.6 Å². The Kier molecular flexibility index (Phi) is 5.34. The van der Waals surface area contributed by atoms with Gasteiger partial charge in [0.25, 0.3) is 5.91 Å². The highest BCUT2D eigenvalue weighted by Gasteiger charge is 2.30. The molecule has 0 N–H and O–H groups in total. The number of ether oxygens (including phenoxy) is 2. The van der Waals surface area contributed by atoms with Gasteiger partial charge in [0.1, 0.15) is 0 Å². The first-order valence-corrected chi connectivity index (χ1v) is 8.44. The lowest BCUT2D eigenvalue weighted by Crippen LogP contribution is -2.40. The van der Waals surface area contributed by atoms with E-state index in [1.165, 1.54) is 0 Å². The zero-order chi connectivity index (χ0) is 16.9. The lowest BCUT2D eigenvalue weighted by atomic mass is 9.97. The molecule has 2 aliphatic rings. The number of hydrogen-bond donors (Lipinski definition) is 0. The van der Waals surface area contributed by atoms with Crippen molar-refractivity contribution in [3.05, 3.63) is 11.8 Å². The van der Waals surface area contributed by atoms with E-state index < -0.39 is 0 Å². The lowest BCUT2D eigenvalue weighted by molar-refractivity contribution is -0.149. The van der Waals surface area contributed by atoms with Crippen LogP contribution in [0.1, 0.15) is 30.3 Å². The summed E-state index contributed by atoms with van der Waals surface area (Å²) in [7, 11) is 0. The second-order valence-corrected chi connectivity index (χ2v) is 5.97. The molecule has 0 spiro atoms. The van der Waals surface area contributed by atoms with E-state index in [1.54, 1.807) is 17.9 Å². The van der Waals surface area contributed by atoms with Crippen LogP contribution in [0.25, 0.3) is 0 Å². The second-order valence-electron chi connectivity index (χ2n) is 5.97. The van der Waals surface area contributed by atoms with Gasteiger partial charge in [-0.25, -0.2) is 0 Å². The monoisotopic (exact) mass is 337 g/mol. The maximum Gasteiger partial charge on any atom is 0.309 e.